The Morgan fingerprint density at radius 2 is 2.28 bits per heavy atom. The third-order valence-corrected chi connectivity index (χ3v) is 2.12. The van der Waals surface area contributed by atoms with Crippen molar-refractivity contribution in [2.75, 3.05) is 12.4 Å². The molecule has 0 aromatic carbocycles. The minimum atomic E-state index is -0.520. The van der Waals surface area contributed by atoms with E-state index in [4.69, 9.17) is 0 Å². The summed E-state index contributed by atoms with van der Waals surface area (Å²) in [6.45, 7) is 0.474. The van der Waals surface area contributed by atoms with Crippen LogP contribution in [0.2, 0.25) is 0 Å². The predicted molar refractivity (Wildman–Crippen MR) is 62.7 cm³/mol. The predicted octanol–water partition coefficient (Wildman–Crippen LogP) is 0.665. The van der Waals surface area contributed by atoms with Gasteiger partial charge in [0.25, 0.3) is 0 Å². The first kappa shape index (κ1) is 11.9. The maximum atomic E-state index is 11.3. The molecule has 2 rings (SSSR count). The molecule has 7 nitrogen and oxygen atoms in total. The summed E-state index contributed by atoms with van der Waals surface area (Å²) in [5, 5.41) is 3.01. The molecule has 0 amide bonds. The van der Waals surface area contributed by atoms with Crippen molar-refractivity contribution in [1.29, 1.82) is 0 Å². The van der Waals surface area contributed by atoms with E-state index < -0.39 is 5.97 Å². The minimum Gasteiger partial charge on any atom is -0.464 e. The fourth-order valence-electron chi connectivity index (χ4n) is 1.26. The normalized spacial score (nSPS) is 9.83. The quantitative estimate of drug-likeness (QED) is 0.791. The summed E-state index contributed by atoms with van der Waals surface area (Å²) in [6, 6.07) is 1.78. The fraction of sp³-hybridized carbons (Fsp3) is 0.182. The second kappa shape index (κ2) is 5.67. The third-order valence-electron chi connectivity index (χ3n) is 2.12. The summed E-state index contributed by atoms with van der Waals surface area (Å²) in [7, 11) is 1.30. The van der Waals surface area contributed by atoms with Crippen LogP contribution < -0.4 is 5.32 Å². The molecule has 0 saturated carbocycles. The molecule has 7 heteroatoms. The van der Waals surface area contributed by atoms with Crippen LogP contribution in [0.1, 0.15) is 16.2 Å². The van der Waals surface area contributed by atoms with Crippen LogP contribution in [0.3, 0.4) is 0 Å². The van der Waals surface area contributed by atoms with Crippen LogP contribution in [0.4, 0.5) is 5.82 Å². The number of nitrogens with zero attached hydrogens (tertiary/aromatic N) is 4. The van der Waals surface area contributed by atoms with Crippen molar-refractivity contribution in [1.82, 2.24) is 19.9 Å². The number of carbonyl (C=O) groups excluding carboxylic acids is 1. The van der Waals surface area contributed by atoms with Gasteiger partial charge in [-0.25, -0.2) is 19.7 Å². The number of carbonyl (C=O) groups is 1. The molecule has 0 aliphatic carbocycles. The molecule has 0 atom stereocenters. The minimum absolute atomic E-state index is 0.158. The van der Waals surface area contributed by atoms with Gasteiger partial charge >= 0.3 is 5.97 Å². The maximum Gasteiger partial charge on any atom is 0.358 e. The zero-order valence-corrected chi connectivity index (χ0v) is 9.70. The first-order valence-corrected chi connectivity index (χ1v) is 5.18. The number of esters is 1. The lowest BCUT2D eigenvalue weighted by Gasteiger charge is -2.05. The standard InChI is InChI=1S/C11H11N5O2/c1-18-11(17)9-5-13-6-10(16-9)14-4-8-2-3-12-7-15-8/h2-3,5-7H,4H2,1H3,(H,14,16). The van der Waals surface area contributed by atoms with Gasteiger partial charge < -0.3 is 10.1 Å². The van der Waals surface area contributed by atoms with Crippen LogP contribution >= 0.6 is 0 Å². The Hall–Kier alpha value is -2.57. The zero-order valence-electron chi connectivity index (χ0n) is 9.70. The van der Waals surface area contributed by atoms with Crippen molar-refractivity contribution >= 4 is 11.8 Å². The highest BCUT2D eigenvalue weighted by Crippen LogP contribution is 2.05. The second-order valence-corrected chi connectivity index (χ2v) is 3.34. The highest BCUT2D eigenvalue weighted by atomic mass is 16.5. The number of ether oxygens (including phenoxy) is 1. The molecule has 0 fully saturated rings. The largest absolute Gasteiger partial charge is 0.464 e. The smallest absolute Gasteiger partial charge is 0.358 e. The van der Waals surface area contributed by atoms with Gasteiger partial charge in [-0.2, -0.15) is 0 Å². The van der Waals surface area contributed by atoms with Gasteiger partial charge in [-0.05, 0) is 6.07 Å². The van der Waals surface area contributed by atoms with Crippen molar-refractivity contribution in [3.05, 3.63) is 42.4 Å². The van der Waals surface area contributed by atoms with Crippen LogP contribution in [0.15, 0.2) is 31.0 Å². The lowest BCUT2D eigenvalue weighted by molar-refractivity contribution is 0.0593. The van der Waals surface area contributed by atoms with Crippen LogP contribution in [0.5, 0.6) is 0 Å². The van der Waals surface area contributed by atoms with Gasteiger partial charge in [0.1, 0.15) is 12.1 Å². The number of methoxy groups -OCH3 is 1. The van der Waals surface area contributed by atoms with E-state index in [9.17, 15) is 4.79 Å². The van der Waals surface area contributed by atoms with Gasteiger partial charge in [-0.1, -0.05) is 0 Å². The van der Waals surface area contributed by atoms with Gasteiger partial charge in [-0.3, -0.25) is 4.98 Å². The monoisotopic (exact) mass is 245 g/mol. The third kappa shape index (κ3) is 2.97. The van der Waals surface area contributed by atoms with Crippen LogP contribution in [-0.2, 0) is 11.3 Å². The van der Waals surface area contributed by atoms with E-state index in [-0.39, 0.29) is 5.69 Å². The average molecular weight is 245 g/mol. The lowest BCUT2D eigenvalue weighted by atomic mass is 10.4. The van der Waals surface area contributed by atoms with Crippen molar-refractivity contribution < 1.29 is 9.53 Å². The van der Waals surface area contributed by atoms with Crippen LogP contribution in [-0.4, -0.2) is 33.0 Å². The molecule has 18 heavy (non-hydrogen) atoms. The summed E-state index contributed by atoms with van der Waals surface area (Å²) in [6.07, 6.45) is 5.99. The van der Waals surface area contributed by atoms with Crippen molar-refractivity contribution in [3.63, 3.8) is 0 Å². The Labute approximate surface area is 103 Å². The Balaban J connectivity index is 2.04. The molecule has 0 saturated heterocycles. The van der Waals surface area contributed by atoms with E-state index in [0.717, 1.165) is 5.69 Å². The molecule has 0 radical (unpaired) electrons. The van der Waals surface area contributed by atoms with E-state index >= 15 is 0 Å². The summed E-state index contributed by atoms with van der Waals surface area (Å²) < 4.78 is 4.56. The Bertz CT molecular complexity index is 532. The first-order chi connectivity index (χ1) is 8.79. The number of nitrogens with one attached hydrogen (secondary N) is 1. The highest BCUT2D eigenvalue weighted by molar-refractivity contribution is 5.87. The van der Waals surface area contributed by atoms with Gasteiger partial charge in [0.15, 0.2) is 5.69 Å². The maximum absolute atomic E-state index is 11.3. The number of aromatic nitrogens is 4. The highest BCUT2D eigenvalue weighted by Gasteiger charge is 2.08. The molecule has 0 aliphatic rings. The molecular formula is C11H11N5O2. The molecule has 2 aromatic rings. The summed E-state index contributed by atoms with van der Waals surface area (Å²) >= 11 is 0. The molecule has 0 spiro atoms. The Morgan fingerprint density at radius 1 is 1.39 bits per heavy atom. The van der Waals surface area contributed by atoms with Crippen molar-refractivity contribution in [3.8, 4) is 0 Å². The topological polar surface area (TPSA) is 89.9 Å². The van der Waals surface area contributed by atoms with Crippen LogP contribution in [0, 0.1) is 0 Å². The summed E-state index contributed by atoms with van der Waals surface area (Å²) in [4.78, 5) is 27.1. The van der Waals surface area contributed by atoms with Gasteiger partial charge in [0.2, 0.25) is 0 Å². The van der Waals surface area contributed by atoms with Gasteiger partial charge in [0.05, 0.1) is 31.7 Å². The Morgan fingerprint density at radius 3 is 3.00 bits per heavy atom. The van der Waals surface area contributed by atoms with Gasteiger partial charge in [-0.15, -0.1) is 0 Å². The molecule has 2 heterocycles. The Kier molecular flexibility index (Phi) is 3.75. The molecular weight excluding hydrogens is 234 g/mol. The molecule has 92 valence electrons. The van der Waals surface area contributed by atoms with E-state index in [2.05, 4.69) is 30.0 Å². The number of hydrogen-bond acceptors (Lipinski definition) is 7. The van der Waals surface area contributed by atoms with Crippen molar-refractivity contribution in [2.45, 2.75) is 6.54 Å². The average Bonchev–Trinajstić information content (AvgIpc) is 2.45. The molecule has 1 N–H and O–H groups in total. The summed E-state index contributed by atoms with van der Waals surface area (Å²) in [5.74, 6) is -0.0373. The number of hydrogen-bond donors (Lipinski definition) is 1. The number of anilines is 1. The molecule has 0 aliphatic heterocycles. The number of rotatable bonds is 4. The molecule has 0 bridgehead atoms. The van der Waals surface area contributed by atoms with Crippen LogP contribution in [0.25, 0.3) is 0 Å². The summed E-state index contributed by atoms with van der Waals surface area (Å²) in [5.41, 5.74) is 0.973. The molecule has 2 aromatic heterocycles. The first-order valence-electron chi connectivity index (χ1n) is 5.18. The van der Waals surface area contributed by atoms with E-state index in [1.54, 1.807) is 12.3 Å². The lowest BCUT2D eigenvalue weighted by Crippen LogP contribution is -2.09. The molecule has 0 unspecified atom stereocenters. The second-order valence-electron chi connectivity index (χ2n) is 3.34. The van der Waals surface area contributed by atoms with Gasteiger partial charge in [0, 0.05) is 6.20 Å². The van der Waals surface area contributed by atoms with E-state index in [1.165, 1.54) is 25.8 Å². The van der Waals surface area contributed by atoms with Crippen molar-refractivity contribution in [2.24, 2.45) is 0 Å². The SMILES string of the molecule is COC(=O)c1cncc(NCc2ccncn2)n1. The zero-order chi connectivity index (χ0) is 12.8. The fourth-order valence-corrected chi connectivity index (χ4v) is 1.26. The van der Waals surface area contributed by atoms with E-state index in [0.29, 0.717) is 12.4 Å². The van der Waals surface area contributed by atoms with E-state index in [1.807, 2.05) is 0 Å².